The Kier molecular flexibility index (Phi) is 8.58. The minimum atomic E-state index is -0.712. The molecule has 0 spiro atoms. The van der Waals surface area contributed by atoms with Gasteiger partial charge in [-0.3, -0.25) is 9.59 Å². The fraction of sp³-hybridized carbons (Fsp3) is 0.619. The summed E-state index contributed by atoms with van der Waals surface area (Å²) in [6.45, 7) is 7.40. The lowest BCUT2D eigenvalue weighted by Gasteiger charge is -2.29. The van der Waals surface area contributed by atoms with Crippen molar-refractivity contribution in [3.05, 3.63) is 23.8 Å². The van der Waals surface area contributed by atoms with Gasteiger partial charge in [-0.05, 0) is 57.0 Å². The van der Waals surface area contributed by atoms with Gasteiger partial charge in [0, 0.05) is 18.5 Å². The third-order valence-corrected chi connectivity index (χ3v) is 4.78. The first-order valence-electron chi connectivity index (χ1n) is 9.93. The fourth-order valence-corrected chi connectivity index (χ4v) is 3.15. The lowest BCUT2D eigenvalue weighted by atomic mass is 9.97. The zero-order valence-corrected chi connectivity index (χ0v) is 16.4. The Hall–Kier alpha value is -2.08. The van der Waals surface area contributed by atoms with Crippen LogP contribution in [0.1, 0.15) is 56.3 Å². The summed E-state index contributed by atoms with van der Waals surface area (Å²) in [5.41, 5.74) is 0.630. The van der Waals surface area contributed by atoms with Crippen LogP contribution in [0.5, 0.6) is 11.5 Å². The van der Waals surface area contributed by atoms with Crippen molar-refractivity contribution in [3.63, 3.8) is 0 Å². The summed E-state index contributed by atoms with van der Waals surface area (Å²) in [4.78, 5) is 25.8. The molecule has 1 N–H and O–H groups in total. The van der Waals surface area contributed by atoms with Crippen molar-refractivity contribution < 1.29 is 24.2 Å². The molecule has 1 aliphatic rings. The summed E-state index contributed by atoms with van der Waals surface area (Å²) in [6.07, 6.45) is 3.52. The third kappa shape index (κ3) is 6.54. The number of carboxylic acid groups (broad SMARTS) is 1. The lowest BCUT2D eigenvalue weighted by Crippen LogP contribution is -2.37. The number of aliphatic carboxylic acids is 1. The molecule has 0 unspecified atom stereocenters. The van der Waals surface area contributed by atoms with Crippen LogP contribution < -0.4 is 9.47 Å². The molecule has 6 nitrogen and oxygen atoms in total. The minimum Gasteiger partial charge on any atom is -0.490 e. The number of rotatable bonds is 11. The molecule has 0 saturated carbocycles. The van der Waals surface area contributed by atoms with E-state index >= 15 is 0 Å². The molecule has 1 aromatic carbocycles. The average Bonchev–Trinajstić information content (AvgIpc) is 2.69. The van der Waals surface area contributed by atoms with Gasteiger partial charge in [0.2, 0.25) is 0 Å². The summed E-state index contributed by atoms with van der Waals surface area (Å²) >= 11 is 0. The van der Waals surface area contributed by atoms with Crippen molar-refractivity contribution in [2.75, 3.05) is 32.8 Å². The minimum absolute atomic E-state index is 0.0683. The zero-order chi connectivity index (χ0) is 19.6. The average molecular weight is 377 g/mol. The molecule has 0 aliphatic carbocycles. The number of piperidine rings is 1. The van der Waals surface area contributed by atoms with Crippen LogP contribution in [0.4, 0.5) is 0 Å². The van der Waals surface area contributed by atoms with Crippen LogP contribution in [0.2, 0.25) is 0 Å². The van der Waals surface area contributed by atoms with E-state index in [1.54, 1.807) is 12.1 Å². The summed E-state index contributed by atoms with van der Waals surface area (Å²) in [7, 11) is 0. The number of carbonyl (C=O) groups is 2. The molecule has 1 aromatic rings. The highest BCUT2D eigenvalue weighted by molar-refractivity contribution is 5.96. The Morgan fingerprint density at radius 2 is 1.70 bits per heavy atom. The molecule has 0 bridgehead atoms. The van der Waals surface area contributed by atoms with E-state index < -0.39 is 5.97 Å². The van der Waals surface area contributed by atoms with Gasteiger partial charge in [0.25, 0.3) is 0 Å². The molecule has 1 fully saturated rings. The van der Waals surface area contributed by atoms with Crippen molar-refractivity contribution in [1.82, 2.24) is 4.90 Å². The van der Waals surface area contributed by atoms with Crippen molar-refractivity contribution >= 4 is 11.8 Å². The van der Waals surface area contributed by atoms with E-state index in [2.05, 4.69) is 4.90 Å². The molecule has 0 atom stereocenters. The van der Waals surface area contributed by atoms with Gasteiger partial charge < -0.3 is 19.5 Å². The maximum absolute atomic E-state index is 12.6. The van der Waals surface area contributed by atoms with E-state index in [1.165, 1.54) is 0 Å². The van der Waals surface area contributed by atoms with Crippen LogP contribution >= 0.6 is 0 Å². The Morgan fingerprint density at radius 1 is 1.07 bits per heavy atom. The molecule has 27 heavy (non-hydrogen) atoms. The van der Waals surface area contributed by atoms with E-state index in [4.69, 9.17) is 14.6 Å². The largest absolute Gasteiger partial charge is 0.490 e. The second kappa shape index (κ2) is 10.9. The predicted octanol–water partition coefficient (Wildman–Crippen LogP) is 3.63. The highest BCUT2D eigenvalue weighted by Gasteiger charge is 2.24. The van der Waals surface area contributed by atoms with Crippen LogP contribution in [0, 0.1) is 5.92 Å². The van der Waals surface area contributed by atoms with Gasteiger partial charge in [-0.1, -0.05) is 13.8 Å². The first-order chi connectivity index (χ1) is 13.0. The number of ketones is 1. The highest BCUT2D eigenvalue weighted by atomic mass is 16.5. The van der Waals surface area contributed by atoms with E-state index in [0.29, 0.717) is 56.1 Å². The van der Waals surface area contributed by atoms with Gasteiger partial charge in [0.05, 0.1) is 19.1 Å². The summed E-state index contributed by atoms with van der Waals surface area (Å²) < 4.78 is 11.5. The van der Waals surface area contributed by atoms with Gasteiger partial charge in [0.1, 0.15) is 0 Å². The number of nitrogens with zero attached hydrogens (tertiary/aromatic N) is 1. The Morgan fingerprint density at radius 3 is 2.30 bits per heavy atom. The molecule has 0 amide bonds. The van der Waals surface area contributed by atoms with Gasteiger partial charge >= 0.3 is 5.97 Å². The molecule has 0 radical (unpaired) electrons. The van der Waals surface area contributed by atoms with Crippen LogP contribution in [0.25, 0.3) is 0 Å². The molecular formula is C21H31NO5. The first-order valence-corrected chi connectivity index (χ1v) is 9.93. The summed E-state index contributed by atoms with van der Waals surface area (Å²) in [5.74, 6) is 0.413. The third-order valence-electron chi connectivity index (χ3n) is 4.78. The topological polar surface area (TPSA) is 76.1 Å². The summed E-state index contributed by atoms with van der Waals surface area (Å²) in [5, 5.41) is 9.06. The highest BCUT2D eigenvalue weighted by Crippen LogP contribution is 2.29. The van der Waals surface area contributed by atoms with Crippen LogP contribution in [-0.2, 0) is 4.79 Å². The van der Waals surface area contributed by atoms with Crippen molar-refractivity contribution in [3.8, 4) is 11.5 Å². The van der Waals surface area contributed by atoms with Gasteiger partial charge in [0.15, 0.2) is 17.3 Å². The van der Waals surface area contributed by atoms with E-state index in [9.17, 15) is 9.59 Å². The van der Waals surface area contributed by atoms with Gasteiger partial charge in [-0.2, -0.15) is 0 Å². The van der Waals surface area contributed by atoms with Crippen molar-refractivity contribution in [2.24, 2.45) is 5.92 Å². The Balaban J connectivity index is 1.92. The Labute approximate surface area is 161 Å². The molecule has 6 heteroatoms. The number of likely N-dealkylation sites (tertiary alicyclic amines) is 1. The predicted molar refractivity (Wildman–Crippen MR) is 104 cm³/mol. The Bertz CT molecular complexity index is 623. The van der Waals surface area contributed by atoms with Crippen LogP contribution in [-0.4, -0.2) is 54.6 Å². The number of carbonyl (C=O) groups excluding carboxylic acids is 1. The van der Waals surface area contributed by atoms with Gasteiger partial charge in [-0.15, -0.1) is 0 Å². The number of hydrogen-bond donors (Lipinski definition) is 1. The second-order valence-corrected chi connectivity index (χ2v) is 6.99. The van der Waals surface area contributed by atoms with Crippen molar-refractivity contribution in [1.29, 1.82) is 0 Å². The quantitative estimate of drug-likeness (QED) is 0.594. The molecule has 1 saturated heterocycles. The normalized spacial score (nSPS) is 15.5. The van der Waals surface area contributed by atoms with Crippen LogP contribution in [0.3, 0.4) is 0 Å². The number of ether oxygens (including phenoxy) is 2. The standard InChI is InChI=1S/C21H31NO5/c1-3-13-26-19-6-5-17(15-20(19)27-14-4-2)18(23)9-12-22-10-7-16(8-11-22)21(24)25/h5-6,15-16H,3-4,7-14H2,1-2H3,(H,24,25). The molecule has 1 heterocycles. The number of hydrogen-bond acceptors (Lipinski definition) is 5. The molecular weight excluding hydrogens is 346 g/mol. The monoisotopic (exact) mass is 377 g/mol. The van der Waals surface area contributed by atoms with Crippen molar-refractivity contribution in [2.45, 2.75) is 46.0 Å². The summed E-state index contributed by atoms with van der Waals surface area (Å²) in [6, 6.07) is 5.38. The second-order valence-electron chi connectivity index (χ2n) is 6.99. The fourth-order valence-electron chi connectivity index (χ4n) is 3.15. The van der Waals surface area contributed by atoms with E-state index in [0.717, 1.165) is 25.9 Å². The van der Waals surface area contributed by atoms with E-state index in [1.807, 2.05) is 19.9 Å². The first kappa shape index (κ1) is 21.2. The smallest absolute Gasteiger partial charge is 0.306 e. The maximum Gasteiger partial charge on any atom is 0.306 e. The SMILES string of the molecule is CCCOc1ccc(C(=O)CCN2CCC(C(=O)O)CC2)cc1OCCC. The number of carboxylic acids is 1. The molecule has 1 aliphatic heterocycles. The van der Waals surface area contributed by atoms with Crippen LogP contribution in [0.15, 0.2) is 18.2 Å². The molecule has 150 valence electrons. The molecule has 2 rings (SSSR count). The molecule has 0 aromatic heterocycles. The lowest BCUT2D eigenvalue weighted by molar-refractivity contribution is -0.143. The number of benzene rings is 1. The van der Waals surface area contributed by atoms with E-state index in [-0.39, 0.29) is 11.7 Å². The van der Waals surface area contributed by atoms with Gasteiger partial charge in [-0.25, -0.2) is 0 Å². The zero-order valence-electron chi connectivity index (χ0n) is 16.4. The number of Topliss-reactive ketones (excluding diaryl/α,β-unsaturated/α-hetero) is 1. The maximum atomic E-state index is 12.6.